The van der Waals surface area contributed by atoms with Crippen LogP contribution in [0.4, 0.5) is 24.8 Å². The van der Waals surface area contributed by atoms with Crippen molar-refractivity contribution >= 4 is 23.2 Å². The number of aromatic nitrogens is 2. The van der Waals surface area contributed by atoms with Crippen molar-refractivity contribution in [3.8, 4) is 0 Å². The molecule has 0 radical (unpaired) electrons. The summed E-state index contributed by atoms with van der Waals surface area (Å²) in [5.41, 5.74) is 0.792. The molecule has 0 saturated carbocycles. The molecule has 0 unspecified atom stereocenters. The summed E-state index contributed by atoms with van der Waals surface area (Å²) >= 11 is 5.57. The predicted molar refractivity (Wildman–Crippen MR) is 71.3 cm³/mol. The van der Waals surface area contributed by atoms with Crippen LogP contribution in [0.25, 0.3) is 0 Å². The van der Waals surface area contributed by atoms with Crippen LogP contribution in [-0.4, -0.2) is 17.0 Å². The molecule has 7 heteroatoms. The van der Waals surface area contributed by atoms with Crippen LogP contribution >= 0.6 is 11.6 Å². The summed E-state index contributed by atoms with van der Waals surface area (Å²) in [7, 11) is 1.66. The van der Waals surface area contributed by atoms with Gasteiger partial charge in [0.1, 0.15) is 10.7 Å². The van der Waals surface area contributed by atoms with Crippen LogP contribution in [0.3, 0.4) is 0 Å². The summed E-state index contributed by atoms with van der Waals surface area (Å²) in [5.74, 6) is 0.104. The number of aryl methyl sites for hydroxylation is 1. The normalized spacial score (nSPS) is 11.5. The molecule has 0 spiro atoms. The van der Waals surface area contributed by atoms with E-state index in [9.17, 15) is 13.2 Å². The number of rotatable bonds is 2. The first-order valence-electron chi connectivity index (χ1n) is 5.69. The molecular weight excluding hydrogens is 291 g/mol. The Morgan fingerprint density at radius 3 is 2.25 bits per heavy atom. The summed E-state index contributed by atoms with van der Waals surface area (Å²) in [6.07, 6.45) is -3.87. The standard InChI is InChI=1S/C13H11ClF3N3/c1-8-3-5-9(6-4-8)20(2)12-18-7-10(11(14)19-12)13(15,16)17/h3-7H,1-2H3. The smallest absolute Gasteiger partial charge is 0.314 e. The summed E-state index contributed by atoms with van der Waals surface area (Å²) in [6.45, 7) is 1.94. The summed E-state index contributed by atoms with van der Waals surface area (Å²) < 4.78 is 37.7. The zero-order valence-electron chi connectivity index (χ0n) is 10.7. The van der Waals surface area contributed by atoms with Gasteiger partial charge in [-0.3, -0.25) is 0 Å². The first kappa shape index (κ1) is 14.6. The van der Waals surface area contributed by atoms with Gasteiger partial charge in [-0.25, -0.2) is 9.97 Å². The minimum Gasteiger partial charge on any atom is -0.314 e. The van der Waals surface area contributed by atoms with Gasteiger partial charge in [0.15, 0.2) is 0 Å². The van der Waals surface area contributed by atoms with Gasteiger partial charge < -0.3 is 4.90 Å². The number of halogens is 4. The molecular formula is C13H11ClF3N3. The lowest BCUT2D eigenvalue weighted by Gasteiger charge is -2.18. The molecule has 20 heavy (non-hydrogen) atoms. The maximum Gasteiger partial charge on any atom is 0.420 e. The van der Waals surface area contributed by atoms with Crippen LogP contribution in [0.15, 0.2) is 30.5 Å². The van der Waals surface area contributed by atoms with Gasteiger partial charge in [-0.2, -0.15) is 13.2 Å². The van der Waals surface area contributed by atoms with Crippen LogP contribution in [0.1, 0.15) is 11.1 Å². The highest BCUT2D eigenvalue weighted by molar-refractivity contribution is 6.30. The van der Waals surface area contributed by atoms with Crippen molar-refractivity contribution in [1.29, 1.82) is 0 Å². The van der Waals surface area contributed by atoms with Gasteiger partial charge in [0.05, 0.1) is 0 Å². The van der Waals surface area contributed by atoms with Crippen molar-refractivity contribution in [1.82, 2.24) is 9.97 Å². The SMILES string of the molecule is Cc1ccc(N(C)c2ncc(C(F)(F)F)c(Cl)n2)cc1. The Morgan fingerprint density at radius 2 is 1.75 bits per heavy atom. The number of hydrogen-bond acceptors (Lipinski definition) is 3. The van der Waals surface area contributed by atoms with Crippen LogP contribution in [0.2, 0.25) is 5.15 Å². The van der Waals surface area contributed by atoms with Gasteiger partial charge >= 0.3 is 6.18 Å². The van der Waals surface area contributed by atoms with Crippen LogP contribution in [0.5, 0.6) is 0 Å². The molecule has 0 aliphatic carbocycles. The van der Waals surface area contributed by atoms with E-state index in [1.54, 1.807) is 11.9 Å². The third kappa shape index (κ3) is 3.01. The maximum absolute atomic E-state index is 12.6. The molecule has 3 nitrogen and oxygen atoms in total. The third-order valence-corrected chi connectivity index (χ3v) is 3.04. The Morgan fingerprint density at radius 1 is 1.15 bits per heavy atom. The Hall–Kier alpha value is -1.82. The molecule has 0 aliphatic rings. The molecule has 0 amide bonds. The maximum atomic E-state index is 12.6. The van der Waals surface area contributed by atoms with Gasteiger partial charge in [0, 0.05) is 18.9 Å². The van der Waals surface area contributed by atoms with Crippen LogP contribution in [0, 0.1) is 6.92 Å². The van der Waals surface area contributed by atoms with E-state index in [-0.39, 0.29) is 5.95 Å². The number of hydrogen-bond donors (Lipinski definition) is 0. The van der Waals surface area contributed by atoms with E-state index in [4.69, 9.17) is 11.6 Å². The van der Waals surface area contributed by atoms with Crippen molar-refractivity contribution in [2.45, 2.75) is 13.1 Å². The van der Waals surface area contributed by atoms with Gasteiger partial charge in [-0.05, 0) is 19.1 Å². The molecule has 0 fully saturated rings. The molecule has 2 aromatic rings. The van der Waals surface area contributed by atoms with Gasteiger partial charge in [0.25, 0.3) is 0 Å². The van der Waals surface area contributed by atoms with Crippen molar-refractivity contribution in [3.05, 3.63) is 46.7 Å². The number of alkyl halides is 3. The number of anilines is 2. The minimum atomic E-state index is -4.56. The molecule has 2 rings (SSSR count). The lowest BCUT2D eigenvalue weighted by Crippen LogP contribution is -2.15. The Kier molecular flexibility index (Phi) is 3.85. The average molecular weight is 302 g/mol. The zero-order valence-corrected chi connectivity index (χ0v) is 11.5. The number of benzene rings is 1. The van der Waals surface area contributed by atoms with Crippen LogP contribution < -0.4 is 4.90 Å². The van der Waals surface area contributed by atoms with E-state index in [2.05, 4.69) is 9.97 Å². The van der Waals surface area contributed by atoms with Crippen molar-refractivity contribution < 1.29 is 13.2 Å². The first-order chi connectivity index (χ1) is 9.29. The molecule has 0 saturated heterocycles. The monoisotopic (exact) mass is 301 g/mol. The van der Waals surface area contributed by atoms with Crippen molar-refractivity contribution in [2.75, 3.05) is 11.9 Å². The second-order valence-electron chi connectivity index (χ2n) is 4.27. The average Bonchev–Trinajstić information content (AvgIpc) is 2.37. The summed E-state index contributed by atoms with van der Waals surface area (Å²) in [5, 5.41) is -0.610. The van der Waals surface area contributed by atoms with E-state index in [0.717, 1.165) is 11.3 Å². The van der Waals surface area contributed by atoms with Crippen molar-refractivity contribution in [2.24, 2.45) is 0 Å². The van der Waals surface area contributed by atoms with E-state index in [1.807, 2.05) is 31.2 Å². The largest absolute Gasteiger partial charge is 0.420 e. The second kappa shape index (κ2) is 5.28. The summed E-state index contributed by atoms with van der Waals surface area (Å²) in [6, 6.07) is 7.42. The van der Waals surface area contributed by atoms with Gasteiger partial charge in [0.2, 0.25) is 5.95 Å². The zero-order chi connectivity index (χ0) is 14.9. The number of nitrogens with zero attached hydrogens (tertiary/aromatic N) is 3. The molecule has 0 atom stereocenters. The van der Waals surface area contributed by atoms with Crippen molar-refractivity contribution in [3.63, 3.8) is 0 Å². The molecule has 1 heterocycles. The Balaban J connectivity index is 2.34. The highest BCUT2D eigenvalue weighted by Crippen LogP contribution is 2.34. The van der Waals surface area contributed by atoms with E-state index in [1.165, 1.54) is 0 Å². The fourth-order valence-corrected chi connectivity index (χ4v) is 1.82. The molecule has 1 aromatic heterocycles. The second-order valence-corrected chi connectivity index (χ2v) is 4.62. The highest BCUT2D eigenvalue weighted by Gasteiger charge is 2.34. The predicted octanol–water partition coefficient (Wildman–Crippen LogP) is 4.23. The van der Waals surface area contributed by atoms with Gasteiger partial charge in [-0.1, -0.05) is 29.3 Å². The molecule has 0 aliphatic heterocycles. The van der Waals surface area contributed by atoms with E-state index < -0.39 is 16.9 Å². The Bertz CT molecular complexity index is 611. The van der Waals surface area contributed by atoms with E-state index >= 15 is 0 Å². The topological polar surface area (TPSA) is 29.0 Å². The Labute approximate surface area is 119 Å². The molecule has 0 bridgehead atoms. The fraction of sp³-hybridized carbons (Fsp3) is 0.231. The fourth-order valence-electron chi connectivity index (χ4n) is 1.59. The quantitative estimate of drug-likeness (QED) is 0.778. The van der Waals surface area contributed by atoms with Crippen LogP contribution in [-0.2, 0) is 6.18 Å². The van der Waals surface area contributed by atoms with E-state index in [0.29, 0.717) is 6.20 Å². The first-order valence-corrected chi connectivity index (χ1v) is 6.07. The minimum absolute atomic E-state index is 0.104. The molecule has 1 aromatic carbocycles. The highest BCUT2D eigenvalue weighted by atomic mass is 35.5. The van der Waals surface area contributed by atoms with Gasteiger partial charge in [-0.15, -0.1) is 0 Å². The third-order valence-electron chi connectivity index (χ3n) is 2.76. The molecule has 0 N–H and O–H groups in total. The lowest BCUT2D eigenvalue weighted by atomic mass is 10.2. The summed E-state index contributed by atoms with van der Waals surface area (Å²) in [4.78, 5) is 8.97. The lowest BCUT2D eigenvalue weighted by molar-refractivity contribution is -0.137. The molecule has 106 valence electrons.